The van der Waals surface area contributed by atoms with Crippen molar-refractivity contribution in [1.82, 2.24) is 19.6 Å². The van der Waals surface area contributed by atoms with Crippen molar-refractivity contribution in [3.63, 3.8) is 0 Å². The zero-order valence-corrected chi connectivity index (χ0v) is 27.0. The summed E-state index contributed by atoms with van der Waals surface area (Å²) in [6.07, 6.45) is 7.06. The Balaban J connectivity index is 1.29. The molecule has 1 N–H and O–H groups in total. The Hall–Kier alpha value is -3.47. The molecule has 2 aliphatic heterocycles. The Kier molecular flexibility index (Phi) is 8.81. The topological polar surface area (TPSA) is 123 Å². The molecule has 3 heterocycles. The van der Waals surface area contributed by atoms with Gasteiger partial charge in [0, 0.05) is 25.0 Å². The number of nitrogens with zero attached hydrogens (tertiary/aromatic N) is 4. The first kappa shape index (κ1) is 31.9. The summed E-state index contributed by atoms with van der Waals surface area (Å²) in [6.45, 7) is 12.9. The highest BCUT2D eigenvalue weighted by Gasteiger charge is 2.51. The Morgan fingerprint density at radius 1 is 0.886 bits per heavy atom. The van der Waals surface area contributed by atoms with Gasteiger partial charge in [-0.2, -0.15) is 9.78 Å². The number of hydrogen-bond acceptors (Lipinski definition) is 8. The van der Waals surface area contributed by atoms with Crippen LogP contribution in [0.4, 0.5) is 10.5 Å². The van der Waals surface area contributed by atoms with E-state index < -0.39 is 28.9 Å². The van der Waals surface area contributed by atoms with Crippen LogP contribution in [0.3, 0.4) is 0 Å². The number of nitrogens with one attached hydrogen (secondary N) is 1. The molecule has 1 atom stereocenters. The van der Waals surface area contributed by atoms with Gasteiger partial charge in [0.2, 0.25) is 11.8 Å². The molecule has 1 aromatic heterocycles. The van der Waals surface area contributed by atoms with Gasteiger partial charge in [0.05, 0.1) is 23.3 Å². The van der Waals surface area contributed by atoms with E-state index in [9.17, 15) is 19.2 Å². The van der Waals surface area contributed by atoms with Crippen LogP contribution >= 0.6 is 0 Å². The maximum absolute atomic E-state index is 14.4. The van der Waals surface area contributed by atoms with E-state index in [2.05, 4.69) is 15.3 Å². The smallest absolute Gasteiger partial charge is 0.435 e. The largest absolute Gasteiger partial charge is 0.460 e. The van der Waals surface area contributed by atoms with E-state index >= 15 is 0 Å². The maximum atomic E-state index is 14.4. The summed E-state index contributed by atoms with van der Waals surface area (Å²) in [5.41, 5.74) is -0.787. The number of rotatable bonds is 5. The number of piperidine rings is 1. The zero-order valence-electron chi connectivity index (χ0n) is 27.0. The average molecular weight is 610 g/mol. The molecule has 0 bridgehead atoms. The molecule has 1 aromatic carbocycles. The van der Waals surface area contributed by atoms with Crippen LogP contribution in [-0.4, -0.2) is 85.9 Å². The average Bonchev–Trinajstić information content (AvgIpc) is 3.71. The van der Waals surface area contributed by atoms with Crippen molar-refractivity contribution >= 4 is 40.5 Å². The Labute approximate surface area is 259 Å². The van der Waals surface area contributed by atoms with Gasteiger partial charge in [-0.25, -0.2) is 4.79 Å². The number of carbonyl (C=O) groups is 4. The van der Waals surface area contributed by atoms with Gasteiger partial charge in [0.25, 0.3) is 0 Å². The fourth-order valence-corrected chi connectivity index (χ4v) is 6.93. The number of hydrogen-bond donors (Lipinski definition) is 1. The quantitative estimate of drug-likeness (QED) is 0.464. The number of likely N-dealkylation sites (tertiary alicyclic amines) is 2. The van der Waals surface area contributed by atoms with Crippen LogP contribution in [0.15, 0.2) is 24.4 Å². The molecule has 11 nitrogen and oxygen atoms in total. The van der Waals surface area contributed by atoms with Gasteiger partial charge in [-0.05, 0) is 92.2 Å². The lowest BCUT2D eigenvalue weighted by atomic mass is 9.87. The third-order valence-electron chi connectivity index (χ3n) is 8.92. The molecular formula is C33H47N5O6. The number of esters is 1. The van der Waals surface area contributed by atoms with Crippen molar-refractivity contribution in [1.29, 1.82) is 0 Å². The van der Waals surface area contributed by atoms with E-state index in [1.807, 2.05) is 20.8 Å². The first-order valence-corrected chi connectivity index (χ1v) is 16.0. The summed E-state index contributed by atoms with van der Waals surface area (Å²) in [6, 6.07) is 4.70. The molecule has 3 fully saturated rings. The van der Waals surface area contributed by atoms with Crippen LogP contribution in [0, 0.1) is 5.92 Å². The molecule has 0 radical (unpaired) electrons. The van der Waals surface area contributed by atoms with Crippen LogP contribution < -0.4 is 5.32 Å². The SMILES string of the molecule is CC(C)(C)OC(=O)C1CCN(C2(C(=O)N3CCC[C@@H]3C(=O)Nc3cccc4c3cnn4C(=O)OC(C)(C)C)CCCC2)CC1. The molecule has 3 aliphatic rings. The third kappa shape index (κ3) is 6.62. The highest BCUT2D eigenvalue weighted by molar-refractivity contribution is 6.05. The van der Waals surface area contributed by atoms with Crippen molar-refractivity contribution in [2.45, 2.75) is 116 Å². The minimum Gasteiger partial charge on any atom is -0.460 e. The van der Waals surface area contributed by atoms with Crippen molar-refractivity contribution in [3.8, 4) is 0 Å². The van der Waals surface area contributed by atoms with Crippen molar-refractivity contribution in [2.24, 2.45) is 5.92 Å². The number of carbonyl (C=O) groups excluding carboxylic acids is 4. The van der Waals surface area contributed by atoms with E-state index in [0.29, 0.717) is 55.5 Å². The minimum atomic E-state index is -0.676. The van der Waals surface area contributed by atoms with Crippen LogP contribution in [0.25, 0.3) is 10.9 Å². The van der Waals surface area contributed by atoms with Crippen molar-refractivity contribution in [2.75, 3.05) is 25.0 Å². The highest BCUT2D eigenvalue weighted by atomic mass is 16.6. The van der Waals surface area contributed by atoms with E-state index in [-0.39, 0.29) is 23.7 Å². The molecule has 240 valence electrons. The molecule has 2 amide bonds. The normalized spacial score (nSPS) is 21.4. The molecule has 5 rings (SSSR count). The molecule has 44 heavy (non-hydrogen) atoms. The zero-order chi connectivity index (χ0) is 31.9. The molecule has 1 aliphatic carbocycles. The fourth-order valence-electron chi connectivity index (χ4n) is 6.93. The van der Waals surface area contributed by atoms with E-state index in [4.69, 9.17) is 9.47 Å². The first-order chi connectivity index (χ1) is 20.7. The van der Waals surface area contributed by atoms with Gasteiger partial charge in [-0.15, -0.1) is 0 Å². The molecule has 0 unspecified atom stereocenters. The van der Waals surface area contributed by atoms with Gasteiger partial charge in [0.1, 0.15) is 22.8 Å². The second-order valence-electron chi connectivity index (χ2n) is 14.5. The number of benzene rings is 1. The summed E-state index contributed by atoms with van der Waals surface area (Å²) >= 11 is 0. The van der Waals surface area contributed by atoms with Crippen LogP contribution in [-0.2, 0) is 23.9 Å². The second kappa shape index (κ2) is 12.1. The van der Waals surface area contributed by atoms with Crippen LogP contribution in [0.5, 0.6) is 0 Å². The van der Waals surface area contributed by atoms with Gasteiger partial charge in [0.15, 0.2) is 0 Å². The summed E-state index contributed by atoms with van der Waals surface area (Å²) in [5.74, 6) is -0.539. The predicted octanol–water partition coefficient (Wildman–Crippen LogP) is 5.12. The van der Waals surface area contributed by atoms with Crippen molar-refractivity contribution < 1.29 is 28.7 Å². The number of fused-ring (bicyclic) bond motifs is 1. The Morgan fingerprint density at radius 2 is 1.55 bits per heavy atom. The van der Waals surface area contributed by atoms with Crippen LogP contribution in [0.2, 0.25) is 0 Å². The monoisotopic (exact) mass is 609 g/mol. The van der Waals surface area contributed by atoms with Gasteiger partial charge in [-0.1, -0.05) is 18.9 Å². The summed E-state index contributed by atoms with van der Waals surface area (Å²) in [7, 11) is 0. The van der Waals surface area contributed by atoms with E-state index in [1.165, 1.54) is 4.68 Å². The Bertz CT molecular complexity index is 1410. The molecular weight excluding hydrogens is 562 g/mol. The van der Waals surface area contributed by atoms with Gasteiger partial charge < -0.3 is 19.7 Å². The van der Waals surface area contributed by atoms with E-state index in [1.54, 1.807) is 50.1 Å². The second-order valence-corrected chi connectivity index (χ2v) is 14.5. The minimum absolute atomic E-state index is 0.0271. The Morgan fingerprint density at radius 3 is 2.18 bits per heavy atom. The lowest BCUT2D eigenvalue weighted by molar-refractivity contribution is -0.163. The van der Waals surface area contributed by atoms with Gasteiger partial charge in [-0.3, -0.25) is 19.3 Å². The van der Waals surface area contributed by atoms with E-state index in [0.717, 1.165) is 32.1 Å². The summed E-state index contributed by atoms with van der Waals surface area (Å²) < 4.78 is 12.3. The predicted molar refractivity (Wildman–Crippen MR) is 166 cm³/mol. The van der Waals surface area contributed by atoms with Gasteiger partial charge >= 0.3 is 12.1 Å². The molecule has 1 saturated carbocycles. The molecule has 2 saturated heterocycles. The third-order valence-corrected chi connectivity index (χ3v) is 8.92. The lowest BCUT2D eigenvalue weighted by Gasteiger charge is -2.46. The first-order valence-electron chi connectivity index (χ1n) is 16.0. The highest BCUT2D eigenvalue weighted by Crippen LogP contribution is 2.41. The number of aromatic nitrogens is 2. The summed E-state index contributed by atoms with van der Waals surface area (Å²) in [5, 5.41) is 7.87. The number of amides is 2. The maximum Gasteiger partial charge on any atom is 0.435 e. The number of ether oxygens (including phenoxy) is 2. The lowest BCUT2D eigenvalue weighted by Crippen LogP contribution is -2.62. The van der Waals surface area contributed by atoms with Crippen molar-refractivity contribution in [3.05, 3.63) is 24.4 Å². The van der Waals surface area contributed by atoms with Crippen LogP contribution in [0.1, 0.15) is 92.9 Å². The standard InChI is InChI=1S/C33H47N5O6/c1-31(2,3)43-28(40)22-14-19-36(20-15-22)33(16-7-8-17-33)29(41)37-18-10-13-26(37)27(39)35-24-11-9-12-25-23(24)21-34-38(25)30(42)44-32(4,5)6/h9,11-12,21-22,26H,7-8,10,13-20H2,1-6H3,(H,35,39)/t26-/m1/s1. The fraction of sp³-hybridized carbons (Fsp3) is 0.667. The molecule has 11 heteroatoms. The molecule has 2 aromatic rings. The number of anilines is 1. The summed E-state index contributed by atoms with van der Waals surface area (Å²) in [4.78, 5) is 57.6. The molecule has 0 spiro atoms.